The molecule has 10 atom stereocenters. The third kappa shape index (κ3) is 7.92. The van der Waals surface area contributed by atoms with E-state index >= 15 is 0 Å². The average molecular weight is 729 g/mol. The van der Waals surface area contributed by atoms with E-state index in [4.69, 9.17) is 4.74 Å². The molecule has 1 heterocycles. The Labute approximate surface area is 322 Å². The monoisotopic (exact) mass is 729 g/mol. The van der Waals surface area contributed by atoms with E-state index in [1.165, 1.54) is 68.1 Å². The van der Waals surface area contributed by atoms with Crippen LogP contribution in [0.3, 0.4) is 0 Å². The van der Waals surface area contributed by atoms with Crippen LogP contribution >= 0.6 is 0 Å². The fourth-order valence-electron chi connectivity index (χ4n) is 13.0. The summed E-state index contributed by atoms with van der Waals surface area (Å²) < 4.78 is 5.76. The van der Waals surface area contributed by atoms with Gasteiger partial charge in [-0.2, -0.15) is 0 Å². The number of ether oxygens (including phenoxy) is 1. The molecular weight excluding hydrogens is 657 g/mol. The van der Waals surface area contributed by atoms with Gasteiger partial charge in [0.1, 0.15) is 5.60 Å². The van der Waals surface area contributed by atoms with Crippen LogP contribution in [0.5, 0.6) is 0 Å². The maximum Gasteiger partial charge on any atom is 0.410 e. The van der Waals surface area contributed by atoms with E-state index in [9.17, 15) is 14.7 Å². The van der Waals surface area contributed by atoms with Crippen molar-refractivity contribution in [2.45, 2.75) is 144 Å². The molecule has 0 aromatic heterocycles. The van der Waals surface area contributed by atoms with E-state index in [1.54, 1.807) is 12.1 Å². The van der Waals surface area contributed by atoms with Crippen molar-refractivity contribution in [1.29, 1.82) is 0 Å². The first-order valence-corrected chi connectivity index (χ1v) is 21.3. The SMILES string of the molecule is C=C(C)C1CCC2(NCC3CCCN(C(=O)OC(C)(C)C)C3)CCC(C)C(CCC3C(C)CCC4C(C)(C)C(c5ccc(C(=O)O)cc5)=CCC34C)C12. The normalized spacial score (nSPS) is 36.9. The molecule has 0 bridgehead atoms. The average Bonchev–Trinajstić information content (AvgIpc) is 3.47. The highest BCUT2D eigenvalue weighted by atomic mass is 16.6. The number of carbonyl (C=O) groups excluding carboxylic acids is 1. The highest BCUT2D eigenvalue weighted by Gasteiger charge is 2.57. The van der Waals surface area contributed by atoms with Crippen molar-refractivity contribution in [3.63, 3.8) is 0 Å². The Morgan fingerprint density at radius 1 is 0.981 bits per heavy atom. The molecule has 6 rings (SSSR count). The molecule has 4 fully saturated rings. The number of carboxylic acid groups (broad SMARTS) is 1. The summed E-state index contributed by atoms with van der Waals surface area (Å²) in [5.74, 6) is 4.12. The van der Waals surface area contributed by atoms with E-state index < -0.39 is 11.6 Å². The molecule has 53 heavy (non-hydrogen) atoms. The van der Waals surface area contributed by atoms with E-state index in [2.05, 4.69) is 59.5 Å². The number of carbonyl (C=O) groups is 2. The molecule has 1 aromatic rings. The Morgan fingerprint density at radius 3 is 2.34 bits per heavy atom. The molecule has 1 aromatic carbocycles. The van der Waals surface area contributed by atoms with Gasteiger partial charge < -0.3 is 20.1 Å². The van der Waals surface area contributed by atoms with Crippen LogP contribution in [0.4, 0.5) is 4.79 Å². The highest BCUT2D eigenvalue weighted by molar-refractivity contribution is 5.88. The standard InChI is InChI=1S/C47H72N2O4/c1-30(2)36-22-26-47(48-28-33-12-11-27-49(29-33)43(52)53-44(5,6)7)25-21-31(3)37(41(36)47)18-19-38-32(4)13-20-40-45(8,9)39(23-24-46(38,40)10)34-14-16-35(17-15-34)42(50)51/h14-17,23,31-33,36-38,40-41,48H,1,11-13,18-22,24-29H2,2-10H3,(H,50,51). The summed E-state index contributed by atoms with van der Waals surface area (Å²) in [6.07, 6.45) is 15.8. The van der Waals surface area contributed by atoms with Gasteiger partial charge in [0.15, 0.2) is 0 Å². The van der Waals surface area contributed by atoms with Crippen molar-refractivity contribution in [3.8, 4) is 0 Å². The number of nitrogens with zero attached hydrogens (tertiary/aromatic N) is 1. The van der Waals surface area contributed by atoms with Crippen molar-refractivity contribution in [1.82, 2.24) is 10.2 Å². The molecule has 1 saturated heterocycles. The van der Waals surface area contributed by atoms with Gasteiger partial charge in [0.05, 0.1) is 5.56 Å². The van der Waals surface area contributed by atoms with Gasteiger partial charge in [-0.25, -0.2) is 9.59 Å². The molecule has 4 aliphatic carbocycles. The first kappa shape index (κ1) is 40.1. The van der Waals surface area contributed by atoms with E-state index in [0.717, 1.165) is 38.9 Å². The molecular formula is C47H72N2O4. The van der Waals surface area contributed by atoms with Gasteiger partial charge in [0.25, 0.3) is 0 Å². The Kier molecular flexibility index (Phi) is 11.5. The zero-order chi connectivity index (χ0) is 38.5. The minimum Gasteiger partial charge on any atom is -0.478 e. The van der Waals surface area contributed by atoms with E-state index in [1.807, 2.05) is 37.8 Å². The maximum atomic E-state index is 13.0. The number of nitrogens with one attached hydrogen (secondary N) is 1. The minimum atomic E-state index is -0.867. The lowest BCUT2D eigenvalue weighted by Crippen LogP contribution is -2.58. The number of hydrogen-bond donors (Lipinski definition) is 2. The van der Waals surface area contributed by atoms with Crippen molar-refractivity contribution in [3.05, 3.63) is 53.6 Å². The van der Waals surface area contributed by atoms with Crippen molar-refractivity contribution >= 4 is 17.6 Å². The fourth-order valence-corrected chi connectivity index (χ4v) is 13.0. The number of allylic oxidation sites excluding steroid dienone is 3. The Hall–Kier alpha value is -2.60. The number of likely N-dealkylation sites (tertiary alicyclic amines) is 1. The first-order chi connectivity index (χ1) is 24.9. The van der Waals surface area contributed by atoms with Gasteiger partial charge in [-0.1, -0.05) is 71.4 Å². The molecule has 6 nitrogen and oxygen atoms in total. The second kappa shape index (κ2) is 15.1. The van der Waals surface area contributed by atoms with Crippen LogP contribution in [0, 0.1) is 58.2 Å². The number of aromatic carboxylic acids is 1. The van der Waals surface area contributed by atoms with Crippen molar-refractivity contribution < 1.29 is 19.4 Å². The highest BCUT2D eigenvalue weighted by Crippen LogP contribution is 2.64. The van der Waals surface area contributed by atoms with Crippen molar-refractivity contribution in [2.24, 2.45) is 58.2 Å². The third-order valence-electron chi connectivity index (χ3n) is 15.6. The van der Waals surface area contributed by atoms with Gasteiger partial charge in [0.2, 0.25) is 0 Å². The summed E-state index contributed by atoms with van der Waals surface area (Å²) in [5.41, 5.74) is 4.23. The predicted molar refractivity (Wildman–Crippen MR) is 217 cm³/mol. The summed E-state index contributed by atoms with van der Waals surface area (Å²) in [7, 11) is 0. The van der Waals surface area contributed by atoms with Gasteiger partial charge in [-0.05, 0) is 173 Å². The van der Waals surface area contributed by atoms with E-state index in [0.29, 0.717) is 52.9 Å². The molecule has 6 heteroatoms. The fraction of sp³-hybridized carbons (Fsp3) is 0.745. The molecule has 2 N–H and O–H groups in total. The summed E-state index contributed by atoms with van der Waals surface area (Å²) in [6.45, 7) is 27.9. The molecule has 5 aliphatic rings. The van der Waals surface area contributed by atoms with Crippen molar-refractivity contribution in [2.75, 3.05) is 19.6 Å². The van der Waals surface area contributed by atoms with Crippen LogP contribution in [0.25, 0.3) is 5.57 Å². The van der Waals surface area contributed by atoms with Crippen LogP contribution in [-0.2, 0) is 4.74 Å². The molecule has 1 amide bonds. The van der Waals surface area contributed by atoms with Gasteiger partial charge in [0, 0.05) is 25.2 Å². The Bertz CT molecular complexity index is 1540. The lowest BCUT2D eigenvalue weighted by Gasteiger charge is -2.59. The summed E-state index contributed by atoms with van der Waals surface area (Å²) in [5, 5.41) is 13.8. The molecule has 0 spiro atoms. The number of piperidine rings is 1. The zero-order valence-corrected chi connectivity index (χ0v) is 34.7. The lowest BCUT2D eigenvalue weighted by molar-refractivity contribution is -0.0549. The van der Waals surface area contributed by atoms with Crippen LogP contribution in [0.1, 0.15) is 149 Å². The van der Waals surface area contributed by atoms with Gasteiger partial charge in [-0.15, -0.1) is 0 Å². The number of amides is 1. The summed E-state index contributed by atoms with van der Waals surface area (Å²) >= 11 is 0. The van der Waals surface area contributed by atoms with Crippen LogP contribution < -0.4 is 5.32 Å². The lowest BCUT2D eigenvalue weighted by atomic mass is 9.45. The largest absolute Gasteiger partial charge is 0.478 e. The number of carboxylic acids is 1. The predicted octanol–water partition coefficient (Wildman–Crippen LogP) is 11.3. The zero-order valence-electron chi connectivity index (χ0n) is 34.7. The molecule has 10 unspecified atom stereocenters. The number of benzene rings is 1. The molecule has 3 saturated carbocycles. The Balaban J connectivity index is 1.19. The number of hydrogen-bond acceptors (Lipinski definition) is 4. The topological polar surface area (TPSA) is 78.9 Å². The van der Waals surface area contributed by atoms with Crippen LogP contribution in [0.15, 0.2) is 42.5 Å². The van der Waals surface area contributed by atoms with E-state index in [-0.39, 0.29) is 22.5 Å². The first-order valence-electron chi connectivity index (χ1n) is 21.3. The quantitative estimate of drug-likeness (QED) is 0.248. The second-order valence-corrected chi connectivity index (χ2v) is 20.4. The summed E-state index contributed by atoms with van der Waals surface area (Å²) in [6, 6.07) is 7.59. The summed E-state index contributed by atoms with van der Waals surface area (Å²) in [4.78, 5) is 26.5. The molecule has 1 aliphatic heterocycles. The maximum absolute atomic E-state index is 13.0. The van der Waals surface area contributed by atoms with Gasteiger partial charge >= 0.3 is 12.1 Å². The number of fused-ring (bicyclic) bond motifs is 2. The Morgan fingerprint density at radius 2 is 1.68 bits per heavy atom. The van der Waals surface area contributed by atoms with Crippen LogP contribution in [0.2, 0.25) is 0 Å². The number of rotatable bonds is 9. The molecule has 0 radical (unpaired) electrons. The third-order valence-corrected chi connectivity index (χ3v) is 15.6. The van der Waals surface area contributed by atoms with Crippen LogP contribution in [-0.4, -0.2) is 52.8 Å². The molecule has 294 valence electrons. The minimum absolute atomic E-state index is 0.0159. The van der Waals surface area contributed by atoms with Gasteiger partial charge in [-0.3, -0.25) is 0 Å². The second-order valence-electron chi connectivity index (χ2n) is 20.4. The smallest absolute Gasteiger partial charge is 0.410 e.